The lowest BCUT2D eigenvalue weighted by Gasteiger charge is -2.26. The first-order chi connectivity index (χ1) is 16.5. The van der Waals surface area contributed by atoms with Crippen molar-refractivity contribution in [3.05, 3.63) is 113 Å². The summed E-state index contributed by atoms with van der Waals surface area (Å²) in [5, 5.41) is 2.93. The smallest absolute Gasteiger partial charge is 0.356 e. The number of halogens is 7. The van der Waals surface area contributed by atoms with E-state index in [1.165, 1.54) is 18.2 Å². The number of benzene rings is 4. The fraction of sp³-hybridized carbons (Fsp3) is 0.0769. The lowest BCUT2D eigenvalue weighted by atomic mass is 10.1. The molecule has 0 aliphatic carbocycles. The van der Waals surface area contributed by atoms with Crippen LogP contribution < -0.4 is 10.2 Å². The molecule has 0 amide bonds. The summed E-state index contributed by atoms with van der Waals surface area (Å²) in [4.78, 5) is 1.66. The molecule has 2 nitrogen and oxygen atoms in total. The third kappa shape index (κ3) is 5.97. The highest BCUT2D eigenvalue weighted by molar-refractivity contribution is 9.10. The SMILES string of the molecule is FC(F)(F)c1cccc(Nc2ccc(N(c3ccc(Br)cc3)c3cccc(C(F)(F)F)c3)cc2)c1. The van der Waals surface area contributed by atoms with Crippen LogP contribution in [0.4, 0.5) is 54.8 Å². The molecule has 1 N–H and O–H groups in total. The zero-order valence-corrected chi connectivity index (χ0v) is 19.4. The van der Waals surface area contributed by atoms with Gasteiger partial charge in [-0.1, -0.05) is 28.1 Å². The van der Waals surface area contributed by atoms with Crippen LogP contribution in [0, 0.1) is 0 Å². The minimum Gasteiger partial charge on any atom is -0.356 e. The topological polar surface area (TPSA) is 15.3 Å². The van der Waals surface area contributed by atoms with Gasteiger partial charge in [0.2, 0.25) is 0 Å². The zero-order valence-electron chi connectivity index (χ0n) is 17.8. The molecule has 0 bridgehead atoms. The second-order valence-corrected chi connectivity index (χ2v) is 8.53. The van der Waals surface area contributed by atoms with Crippen molar-refractivity contribution in [3.8, 4) is 0 Å². The maximum absolute atomic E-state index is 13.3. The van der Waals surface area contributed by atoms with E-state index in [9.17, 15) is 26.3 Å². The van der Waals surface area contributed by atoms with Crippen molar-refractivity contribution in [1.29, 1.82) is 0 Å². The van der Waals surface area contributed by atoms with Gasteiger partial charge in [0.05, 0.1) is 11.1 Å². The average Bonchev–Trinajstić information content (AvgIpc) is 2.81. The molecule has 4 rings (SSSR count). The molecule has 35 heavy (non-hydrogen) atoms. The second kappa shape index (κ2) is 9.65. The molecule has 0 atom stereocenters. The molecule has 0 radical (unpaired) electrons. The zero-order chi connectivity index (χ0) is 25.2. The number of rotatable bonds is 5. The molecule has 0 aromatic heterocycles. The van der Waals surface area contributed by atoms with Crippen LogP contribution in [0.2, 0.25) is 0 Å². The van der Waals surface area contributed by atoms with E-state index in [4.69, 9.17) is 0 Å². The molecule has 180 valence electrons. The Balaban J connectivity index is 1.68. The molecule has 4 aromatic rings. The third-order valence-electron chi connectivity index (χ3n) is 5.12. The molecule has 0 aliphatic heterocycles. The van der Waals surface area contributed by atoms with Gasteiger partial charge in [-0.05, 0) is 84.9 Å². The van der Waals surface area contributed by atoms with Crippen LogP contribution in [0.25, 0.3) is 0 Å². The van der Waals surface area contributed by atoms with E-state index in [0.717, 1.165) is 28.7 Å². The van der Waals surface area contributed by atoms with Crippen molar-refractivity contribution in [2.45, 2.75) is 12.4 Å². The van der Waals surface area contributed by atoms with Gasteiger partial charge in [-0.2, -0.15) is 26.3 Å². The molecule has 0 heterocycles. The molecule has 0 saturated heterocycles. The largest absolute Gasteiger partial charge is 0.416 e. The number of hydrogen-bond acceptors (Lipinski definition) is 2. The highest BCUT2D eigenvalue weighted by Crippen LogP contribution is 2.39. The van der Waals surface area contributed by atoms with Crippen molar-refractivity contribution >= 4 is 44.4 Å². The van der Waals surface area contributed by atoms with E-state index in [1.54, 1.807) is 59.5 Å². The first-order valence-electron chi connectivity index (χ1n) is 10.3. The molecule has 0 unspecified atom stereocenters. The fourth-order valence-corrected chi connectivity index (χ4v) is 3.76. The first-order valence-corrected chi connectivity index (χ1v) is 11.1. The van der Waals surface area contributed by atoms with Crippen LogP contribution in [0.1, 0.15) is 11.1 Å². The maximum atomic E-state index is 13.3. The predicted molar refractivity (Wildman–Crippen MR) is 129 cm³/mol. The molecule has 0 saturated carbocycles. The Morgan fingerprint density at radius 2 is 1.06 bits per heavy atom. The Bertz CT molecular complexity index is 1300. The van der Waals surface area contributed by atoms with Gasteiger partial charge in [-0.25, -0.2) is 0 Å². The van der Waals surface area contributed by atoms with Crippen molar-refractivity contribution in [2.24, 2.45) is 0 Å². The van der Waals surface area contributed by atoms with Crippen LogP contribution in [0.5, 0.6) is 0 Å². The van der Waals surface area contributed by atoms with Gasteiger partial charge in [0.15, 0.2) is 0 Å². The van der Waals surface area contributed by atoms with Crippen LogP contribution in [0.15, 0.2) is 102 Å². The molecule has 0 aliphatic rings. The highest BCUT2D eigenvalue weighted by Gasteiger charge is 2.31. The van der Waals surface area contributed by atoms with Gasteiger partial charge in [-0.15, -0.1) is 0 Å². The number of alkyl halides is 6. The van der Waals surface area contributed by atoms with Gasteiger partial charge < -0.3 is 10.2 Å². The van der Waals surface area contributed by atoms with Gasteiger partial charge >= 0.3 is 12.4 Å². The van der Waals surface area contributed by atoms with Crippen molar-refractivity contribution < 1.29 is 26.3 Å². The summed E-state index contributed by atoms with van der Waals surface area (Å²) < 4.78 is 79.8. The van der Waals surface area contributed by atoms with E-state index in [-0.39, 0.29) is 5.69 Å². The molecule has 4 aromatic carbocycles. The van der Waals surface area contributed by atoms with Gasteiger partial charge in [0, 0.05) is 32.9 Å². The minimum atomic E-state index is -4.50. The van der Waals surface area contributed by atoms with E-state index < -0.39 is 23.5 Å². The molecule has 0 fully saturated rings. The Morgan fingerprint density at radius 1 is 0.543 bits per heavy atom. The molecular weight excluding hydrogens is 534 g/mol. The Hall–Kier alpha value is -3.46. The van der Waals surface area contributed by atoms with Gasteiger partial charge in [0.1, 0.15) is 0 Å². The number of hydrogen-bond donors (Lipinski definition) is 1. The van der Waals surface area contributed by atoms with Crippen molar-refractivity contribution in [1.82, 2.24) is 0 Å². The quantitative estimate of drug-likeness (QED) is 0.249. The first kappa shape index (κ1) is 24.7. The summed E-state index contributed by atoms with van der Waals surface area (Å²) in [7, 11) is 0. The van der Waals surface area contributed by atoms with Crippen molar-refractivity contribution in [2.75, 3.05) is 10.2 Å². The van der Waals surface area contributed by atoms with Gasteiger partial charge in [-0.3, -0.25) is 0 Å². The highest BCUT2D eigenvalue weighted by atomic mass is 79.9. The van der Waals surface area contributed by atoms with Crippen molar-refractivity contribution in [3.63, 3.8) is 0 Å². The number of nitrogens with one attached hydrogen (secondary N) is 1. The summed E-state index contributed by atoms with van der Waals surface area (Å²) in [5.41, 5.74) is 0.737. The summed E-state index contributed by atoms with van der Waals surface area (Å²) in [6.45, 7) is 0. The summed E-state index contributed by atoms with van der Waals surface area (Å²) >= 11 is 3.36. The molecule has 0 spiro atoms. The fourth-order valence-electron chi connectivity index (χ4n) is 3.49. The summed E-state index contributed by atoms with van der Waals surface area (Å²) in [5.74, 6) is 0. The number of anilines is 5. The van der Waals surface area contributed by atoms with E-state index in [0.29, 0.717) is 22.7 Å². The van der Waals surface area contributed by atoms with E-state index in [1.807, 2.05) is 0 Å². The standard InChI is InChI=1S/C26H17BrF6N2/c27-19-7-11-22(12-8-19)35(24-6-2-4-18(16-24)26(31,32)33)23-13-9-20(10-14-23)34-21-5-1-3-17(15-21)25(28,29)30/h1-16,34H. The summed E-state index contributed by atoms with van der Waals surface area (Å²) in [6.07, 6.45) is -8.96. The Labute approximate surface area is 206 Å². The second-order valence-electron chi connectivity index (χ2n) is 7.61. The van der Waals surface area contributed by atoms with Crippen LogP contribution >= 0.6 is 15.9 Å². The molecular formula is C26H17BrF6N2. The van der Waals surface area contributed by atoms with Crippen LogP contribution in [-0.2, 0) is 12.4 Å². The van der Waals surface area contributed by atoms with E-state index in [2.05, 4.69) is 21.2 Å². The maximum Gasteiger partial charge on any atom is 0.416 e. The van der Waals surface area contributed by atoms with Gasteiger partial charge in [0.25, 0.3) is 0 Å². The average molecular weight is 551 g/mol. The van der Waals surface area contributed by atoms with E-state index >= 15 is 0 Å². The normalized spacial score (nSPS) is 11.9. The monoisotopic (exact) mass is 550 g/mol. The lowest BCUT2D eigenvalue weighted by Crippen LogP contribution is -2.12. The number of nitrogens with zero attached hydrogens (tertiary/aromatic N) is 1. The Kier molecular flexibility index (Phi) is 6.80. The predicted octanol–water partition coefficient (Wildman–Crippen LogP) is 9.70. The lowest BCUT2D eigenvalue weighted by molar-refractivity contribution is -0.138. The van der Waals surface area contributed by atoms with Crippen LogP contribution in [0.3, 0.4) is 0 Å². The third-order valence-corrected chi connectivity index (χ3v) is 5.65. The minimum absolute atomic E-state index is 0.259. The summed E-state index contributed by atoms with van der Waals surface area (Å²) in [6, 6.07) is 23.5. The Morgan fingerprint density at radius 3 is 1.63 bits per heavy atom. The molecule has 9 heteroatoms. The van der Waals surface area contributed by atoms with Crippen LogP contribution in [-0.4, -0.2) is 0 Å².